The van der Waals surface area contributed by atoms with Crippen molar-refractivity contribution >= 4 is 0 Å². The molecule has 0 aliphatic rings. The van der Waals surface area contributed by atoms with E-state index in [0.717, 1.165) is 25.8 Å². The van der Waals surface area contributed by atoms with E-state index < -0.39 is 0 Å². The van der Waals surface area contributed by atoms with Gasteiger partial charge in [0.15, 0.2) is 0 Å². The van der Waals surface area contributed by atoms with Gasteiger partial charge in [0.2, 0.25) is 0 Å². The van der Waals surface area contributed by atoms with Gasteiger partial charge in [0.05, 0.1) is 6.10 Å². The average Bonchev–Trinajstić information content (AvgIpc) is 1.87. The number of unbranched alkanes of at least 4 members (excludes halogenated alkanes) is 3. The Morgan fingerprint density at radius 1 is 1.20 bits per heavy atom. The summed E-state index contributed by atoms with van der Waals surface area (Å²) in [5.74, 6) is 0. The number of rotatable bonds is 6. The molecule has 10 heavy (non-hydrogen) atoms. The molecule has 0 aromatic heterocycles. The fourth-order valence-corrected chi connectivity index (χ4v) is 0.938. The van der Waals surface area contributed by atoms with Crippen LogP contribution in [0.3, 0.4) is 0 Å². The molecular weight excluding hydrogens is 126 g/mol. The fraction of sp³-hybridized carbons (Fsp3) is 1.00. The largest absolute Gasteiger partial charge is 0.393 e. The molecule has 0 unspecified atom stereocenters. The molecule has 0 rings (SSSR count). The second kappa shape index (κ2) is 7.03. The lowest BCUT2D eigenvalue weighted by Gasteiger charge is -2.02. The van der Waals surface area contributed by atoms with Crippen molar-refractivity contribution in [1.29, 1.82) is 0 Å². The molecule has 0 aromatic carbocycles. The van der Waals surface area contributed by atoms with Crippen molar-refractivity contribution in [2.75, 3.05) is 6.54 Å². The molecule has 62 valence electrons. The summed E-state index contributed by atoms with van der Waals surface area (Å²) in [5.41, 5.74) is 5.32. The lowest BCUT2D eigenvalue weighted by Crippen LogP contribution is -2.00. The van der Waals surface area contributed by atoms with Gasteiger partial charge in [0.1, 0.15) is 0 Å². The Labute approximate surface area is 63.4 Å². The summed E-state index contributed by atoms with van der Waals surface area (Å²) in [4.78, 5) is 0. The maximum atomic E-state index is 8.88. The van der Waals surface area contributed by atoms with Crippen LogP contribution in [0, 0.1) is 0 Å². The SMILES string of the molecule is C[C@H](O)CCCCCCN. The van der Waals surface area contributed by atoms with Gasteiger partial charge in [-0.05, 0) is 26.3 Å². The quantitative estimate of drug-likeness (QED) is 0.553. The first kappa shape index (κ1) is 9.92. The molecule has 2 nitrogen and oxygen atoms in total. The summed E-state index contributed by atoms with van der Waals surface area (Å²) < 4.78 is 0. The van der Waals surface area contributed by atoms with Crippen LogP contribution in [0.2, 0.25) is 0 Å². The van der Waals surface area contributed by atoms with Crippen LogP contribution in [0.1, 0.15) is 39.0 Å². The molecule has 2 heteroatoms. The van der Waals surface area contributed by atoms with Crippen LogP contribution in [0.25, 0.3) is 0 Å². The molecule has 0 heterocycles. The van der Waals surface area contributed by atoms with Crippen LogP contribution in [-0.4, -0.2) is 17.8 Å². The van der Waals surface area contributed by atoms with E-state index in [-0.39, 0.29) is 6.10 Å². The van der Waals surface area contributed by atoms with Gasteiger partial charge in [-0.3, -0.25) is 0 Å². The average molecular weight is 145 g/mol. The van der Waals surface area contributed by atoms with Crippen LogP contribution in [-0.2, 0) is 0 Å². The normalized spacial score (nSPS) is 13.5. The molecule has 0 amide bonds. The molecule has 1 atom stereocenters. The summed E-state index contributed by atoms with van der Waals surface area (Å²) in [6.45, 7) is 2.64. The first-order chi connectivity index (χ1) is 4.77. The Hall–Kier alpha value is -0.0800. The van der Waals surface area contributed by atoms with Gasteiger partial charge in [0.25, 0.3) is 0 Å². The minimum absolute atomic E-state index is 0.127. The summed E-state index contributed by atoms with van der Waals surface area (Å²) in [6, 6.07) is 0. The van der Waals surface area contributed by atoms with Gasteiger partial charge in [-0.25, -0.2) is 0 Å². The smallest absolute Gasteiger partial charge is 0.0512 e. The second-order valence-corrected chi connectivity index (χ2v) is 2.84. The molecule has 0 saturated heterocycles. The number of aliphatic hydroxyl groups is 1. The van der Waals surface area contributed by atoms with E-state index in [9.17, 15) is 0 Å². The monoisotopic (exact) mass is 145 g/mol. The molecule has 3 N–H and O–H groups in total. The minimum Gasteiger partial charge on any atom is -0.393 e. The Morgan fingerprint density at radius 2 is 1.80 bits per heavy atom. The number of hydrogen-bond acceptors (Lipinski definition) is 2. The highest BCUT2D eigenvalue weighted by molar-refractivity contribution is 4.48. The predicted octanol–water partition coefficient (Wildman–Crippen LogP) is 1.28. The standard InChI is InChI=1S/C8H19NO/c1-8(10)6-4-2-3-5-7-9/h8,10H,2-7,9H2,1H3/t8-/m0/s1. The molecular formula is C8H19NO. The van der Waals surface area contributed by atoms with Crippen molar-refractivity contribution in [3.63, 3.8) is 0 Å². The molecule has 0 radical (unpaired) electrons. The van der Waals surface area contributed by atoms with Crippen LogP contribution in [0.4, 0.5) is 0 Å². The molecule has 0 aliphatic carbocycles. The van der Waals surface area contributed by atoms with E-state index in [1.54, 1.807) is 0 Å². The van der Waals surface area contributed by atoms with Crippen molar-refractivity contribution < 1.29 is 5.11 Å². The molecule has 0 fully saturated rings. The third-order valence-electron chi connectivity index (χ3n) is 1.58. The Bertz CT molecular complexity index is 64.3. The first-order valence-electron chi connectivity index (χ1n) is 4.15. The van der Waals surface area contributed by atoms with E-state index in [4.69, 9.17) is 10.8 Å². The third-order valence-corrected chi connectivity index (χ3v) is 1.58. The van der Waals surface area contributed by atoms with E-state index >= 15 is 0 Å². The topological polar surface area (TPSA) is 46.2 Å². The van der Waals surface area contributed by atoms with Crippen molar-refractivity contribution in [2.24, 2.45) is 5.73 Å². The Kier molecular flexibility index (Phi) is 6.98. The van der Waals surface area contributed by atoms with Crippen molar-refractivity contribution in [3.8, 4) is 0 Å². The summed E-state index contributed by atoms with van der Waals surface area (Å²) in [7, 11) is 0. The molecule has 0 spiro atoms. The van der Waals surface area contributed by atoms with Crippen molar-refractivity contribution in [2.45, 2.75) is 45.1 Å². The van der Waals surface area contributed by atoms with Crippen LogP contribution in [0.15, 0.2) is 0 Å². The maximum absolute atomic E-state index is 8.88. The second-order valence-electron chi connectivity index (χ2n) is 2.84. The Morgan fingerprint density at radius 3 is 2.30 bits per heavy atom. The summed E-state index contributed by atoms with van der Waals surface area (Å²) in [6.07, 6.45) is 5.49. The number of hydrogen-bond donors (Lipinski definition) is 2. The van der Waals surface area contributed by atoms with Crippen LogP contribution >= 0.6 is 0 Å². The summed E-state index contributed by atoms with van der Waals surface area (Å²) >= 11 is 0. The number of aliphatic hydroxyl groups excluding tert-OH is 1. The minimum atomic E-state index is -0.127. The zero-order valence-corrected chi connectivity index (χ0v) is 6.84. The van der Waals surface area contributed by atoms with Crippen LogP contribution in [0.5, 0.6) is 0 Å². The van der Waals surface area contributed by atoms with Gasteiger partial charge < -0.3 is 10.8 Å². The zero-order valence-electron chi connectivity index (χ0n) is 6.84. The molecule has 0 aromatic rings. The zero-order chi connectivity index (χ0) is 7.82. The summed E-state index contributed by atoms with van der Waals surface area (Å²) in [5, 5.41) is 8.88. The van der Waals surface area contributed by atoms with E-state index in [0.29, 0.717) is 0 Å². The number of nitrogens with two attached hydrogens (primary N) is 1. The van der Waals surface area contributed by atoms with E-state index in [1.165, 1.54) is 12.8 Å². The van der Waals surface area contributed by atoms with Crippen molar-refractivity contribution in [1.82, 2.24) is 0 Å². The van der Waals surface area contributed by atoms with Crippen molar-refractivity contribution in [3.05, 3.63) is 0 Å². The van der Waals surface area contributed by atoms with E-state index in [2.05, 4.69) is 0 Å². The highest BCUT2D eigenvalue weighted by Gasteiger charge is 1.94. The van der Waals surface area contributed by atoms with Gasteiger partial charge in [-0.1, -0.05) is 19.3 Å². The fourth-order valence-electron chi connectivity index (χ4n) is 0.938. The Balaban J connectivity index is 2.77. The molecule has 0 saturated carbocycles. The first-order valence-corrected chi connectivity index (χ1v) is 4.15. The predicted molar refractivity (Wildman–Crippen MR) is 43.8 cm³/mol. The van der Waals surface area contributed by atoms with Gasteiger partial charge in [-0.15, -0.1) is 0 Å². The maximum Gasteiger partial charge on any atom is 0.0512 e. The highest BCUT2D eigenvalue weighted by atomic mass is 16.3. The van der Waals surface area contributed by atoms with E-state index in [1.807, 2.05) is 6.92 Å². The lowest BCUT2D eigenvalue weighted by molar-refractivity contribution is 0.180. The van der Waals surface area contributed by atoms with Gasteiger partial charge >= 0.3 is 0 Å². The third kappa shape index (κ3) is 7.92. The molecule has 0 aliphatic heterocycles. The van der Waals surface area contributed by atoms with Gasteiger partial charge in [0, 0.05) is 0 Å². The lowest BCUT2D eigenvalue weighted by atomic mass is 10.1. The van der Waals surface area contributed by atoms with Crippen LogP contribution < -0.4 is 5.73 Å². The highest BCUT2D eigenvalue weighted by Crippen LogP contribution is 2.04. The van der Waals surface area contributed by atoms with Gasteiger partial charge in [-0.2, -0.15) is 0 Å². The molecule has 0 bridgehead atoms.